The summed E-state index contributed by atoms with van der Waals surface area (Å²) in [4.78, 5) is 11.8. The predicted molar refractivity (Wildman–Crippen MR) is 96.7 cm³/mol. The molecule has 0 saturated heterocycles. The summed E-state index contributed by atoms with van der Waals surface area (Å²) < 4.78 is 1.82. The second-order valence-corrected chi connectivity index (χ2v) is 5.45. The number of aryl methyl sites for hydroxylation is 1. The minimum absolute atomic E-state index is 0. The largest absolute Gasteiger partial charge is 0.394 e. The fourth-order valence-electron chi connectivity index (χ4n) is 2.38. The number of anilines is 1. The third-order valence-corrected chi connectivity index (χ3v) is 3.62. The first-order valence-corrected chi connectivity index (χ1v) is 7.30. The molecule has 0 aliphatic carbocycles. The molecule has 1 aromatic heterocycles. The van der Waals surface area contributed by atoms with Crippen LogP contribution < -0.4 is 11.1 Å². The van der Waals surface area contributed by atoms with Crippen molar-refractivity contribution in [1.29, 1.82) is 0 Å². The van der Waals surface area contributed by atoms with Gasteiger partial charge in [0.05, 0.1) is 24.0 Å². The molecule has 1 atom stereocenters. The molecule has 1 heterocycles. The van der Waals surface area contributed by atoms with Crippen LogP contribution in [0.5, 0.6) is 0 Å². The maximum absolute atomic E-state index is 11.8. The number of carbonyl (C=O) groups excluding carboxylic acids is 1. The molecule has 3 aromatic rings. The molecular weight excluding hydrogens is 328 g/mol. The number of nitrogens with zero attached hydrogens (tertiary/aromatic N) is 2. The van der Waals surface area contributed by atoms with Crippen molar-refractivity contribution in [2.75, 3.05) is 11.9 Å². The van der Waals surface area contributed by atoms with Crippen LogP contribution in [0.15, 0.2) is 48.7 Å². The molecule has 6 nitrogen and oxygen atoms in total. The number of benzene rings is 2. The maximum atomic E-state index is 11.8. The van der Waals surface area contributed by atoms with Crippen molar-refractivity contribution in [2.45, 2.75) is 13.0 Å². The minimum atomic E-state index is -0.938. The van der Waals surface area contributed by atoms with E-state index in [2.05, 4.69) is 10.4 Å². The summed E-state index contributed by atoms with van der Waals surface area (Å²) in [6, 6.07) is 12.6. The van der Waals surface area contributed by atoms with E-state index in [0.717, 1.165) is 22.2 Å². The molecule has 7 heteroatoms. The van der Waals surface area contributed by atoms with E-state index in [9.17, 15) is 4.79 Å². The van der Waals surface area contributed by atoms with Gasteiger partial charge >= 0.3 is 0 Å². The molecule has 126 valence electrons. The molecule has 0 aliphatic rings. The number of nitrogens with two attached hydrogens (primary N) is 1. The van der Waals surface area contributed by atoms with Gasteiger partial charge in [-0.15, -0.1) is 12.4 Å². The second kappa shape index (κ2) is 7.44. The van der Waals surface area contributed by atoms with Crippen LogP contribution in [0.25, 0.3) is 16.6 Å². The van der Waals surface area contributed by atoms with Crippen LogP contribution in [0.2, 0.25) is 0 Å². The zero-order valence-electron chi connectivity index (χ0n) is 13.1. The van der Waals surface area contributed by atoms with Crippen LogP contribution in [-0.2, 0) is 4.79 Å². The van der Waals surface area contributed by atoms with Gasteiger partial charge in [0, 0.05) is 11.1 Å². The quantitative estimate of drug-likeness (QED) is 0.673. The smallest absolute Gasteiger partial charge is 0.243 e. The van der Waals surface area contributed by atoms with Gasteiger partial charge in [0.25, 0.3) is 0 Å². The highest BCUT2D eigenvalue weighted by molar-refractivity contribution is 5.96. The van der Waals surface area contributed by atoms with Crippen molar-refractivity contribution < 1.29 is 9.90 Å². The van der Waals surface area contributed by atoms with Crippen molar-refractivity contribution >= 4 is 34.9 Å². The van der Waals surface area contributed by atoms with E-state index < -0.39 is 18.6 Å². The van der Waals surface area contributed by atoms with Crippen LogP contribution in [-0.4, -0.2) is 33.4 Å². The van der Waals surface area contributed by atoms with E-state index in [1.165, 1.54) is 0 Å². The van der Waals surface area contributed by atoms with E-state index in [1.807, 2.05) is 48.0 Å². The number of fused-ring (bicyclic) bond motifs is 1. The Bertz CT molecular complexity index is 863. The first kappa shape index (κ1) is 17.9. The number of carbonyl (C=O) groups is 1. The highest BCUT2D eigenvalue weighted by Crippen LogP contribution is 2.22. The van der Waals surface area contributed by atoms with E-state index in [-0.39, 0.29) is 12.4 Å². The van der Waals surface area contributed by atoms with Gasteiger partial charge in [-0.3, -0.25) is 4.79 Å². The van der Waals surface area contributed by atoms with Crippen LogP contribution in [0, 0.1) is 6.92 Å². The molecule has 0 bridgehead atoms. The molecule has 0 aliphatic heterocycles. The highest BCUT2D eigenvalue weighted by atomic mass is 35.5. The van der Waals surface area contributed by atoms with Crippen molar-refractivity contribution in [1.82, 2.24) is 9.78 Å². The highest BCUT2D eigenvalue weighted by Gasteiger charge is 2.13. The molecular formula is C17H19ClN4O2. The van der Waals surface area contributed by atoms with Crippen LogP contribution in [0.4, 0.5) is 5.69 Å². The molecule has 1 amide bonds. The van der Waals surface area contributed by atoms with Crippen molar-refractivity contribution in [3.63, 3.8) is 0 Å². The Balaban J connectivity index is 0.00000208. The molecule has 0 spiro atoms. The fraction of sp³-hybridized carbons (Fsp3) is 0.176. The Morgan fingerprint density at radius 2 is 2.12 bits per heavy atom. The molecule has 0 fully saturated rings. The standard InChI is InChI=1S/C17H18N4O2.ClH/c1-11-3-2-4-14(7-11)21-16-8-13(6-5-12(16)9-19-21)20-17(23)15(18)10-22;/h2-9,15,22H,10,18H2,1H3,(H,20,23);1H/t15-;/m0./s1. The Morgan fingerprint density at radius 3 is 2.83 bits per heavy atom. The topological polar surface area (TPSA) is 93.2 Å². The summed E-state index contributed by atoms with van der Waals surface area (Å²) in [6.07, 6.45) is 1.78. The Kier molecular flexibility index (Phi) is 5.56. The molecule has 3 rings (SSSR count). The summed E-state index contributed by atoms with van der Waals surface area (Å²) >= 11 is 0. The van der Waals surface area contributed by atoms with E-state index in [1.54, 1.807) is 12.3 Å². The average molecular weight is 347 g/mol. The van der Waals surface area contributed by atoms with Crippen molar-refractivity contribution in [3.8, 4) is 5.69 Å². The zero-order valence-corrected chi connectivity index (χ0v) is 14.0. The fourth-order valence-corrected chi connectivity index (χ4v) is 2.38. The number of halogens is 1. The first-order chi connectivity index (χ1) is 11.1. The summed E-state index contributed by atoms with van der Waals surface area (Å²) in [5.41, 5.74) is 9.10. The number of nitrogens with one attached hydrogen (secondary N) is 1. The van der Waals surface area contributed by atoms with Gasteiger partial charge in [-0.25, -0.2) is 4.68 Å². The summed E-state index contributed by atoms with van der Waals surface area (Å²) in [6.45, 7) is 1.63. The third-order valence-electron chi connectivity index (χ3n) is 3.62. The van der Waals surface area contributed by atoms with Gasteiger partial charge in [-0.05, 0) is 42.8 Å². The lowest BCUT2D eigenvalue weighted by atomic mass is 10.2. The third kappa shape index (κ3) is 3.56. The van der Waals surface area contributed by atoms with E-state index in [4.69, 9.17) is 10.8 Å². The number of hydrogen-bond acceptors (Lipinski definition) is 4. The molecule has 0 radical (unpaired) electrons. The van der Waals surface area contributed by atoms with Gasteiger partial charge in [0.2, 0.25) is 5.91 Å². The summed E-state index contributed by atoms with van der Waals surface area (Å²) in [7, 11) is 0. The van der Waals surface area contributed by atoms with Gasteiger partial charge in [0.1, 0.15) is 6.04 Å². The van der Waals surface area contributed by atoms with Crippen LogP contribution in [0.1, 0.15) is 5.56 Å². The first-order valence-electron chi connectivity index (χ1n) is 7.30. The SMILES string of the molecule is Cc1cccc(-n2ncc3ccc(NC(=O)[C@@H](N)CO)cc32)c1.Cl. The van der Waals surface area contributed by atoms with Crippen molar-refractivity contribution in [3.05, 3.63) is 54.2 Å². The number of amides is 1. The summed E-state index contributed by atoms with van der Waals surface area (Å²) in [5.74, 6) is -0.423. The molecule has 0 unspecified atom stereocenters. The Morgan fingerprint density at radius 1 is 1.33 bits per heavy atom. The number of aliphatic hydroxyl groups is 1. The zero-order chi connectivity index (χ0) is 16.4. The average Bonchev–Trinajstić information content (AvgIpc) is 2.97. The predicted octanol–water partition coefficient (Wildman–Crippen LogP) is 2.01. The van der Waals surface area contributed by atoms with Crippen LogP contribution in [0.3, 0.4) is 0 Å². The lowest BCUT2D eigenvalue weighted by Gasteiger charge is -2.10. The number of hydrogen-bond donors (Lipinski definition) is 3. The van der Waals surface area contributed by atoms with Gasteiger partial charge < -0.3 is 16.2 Å². The molecule has 4 N–H and O–H groups in total. The summed E-state index contributed by atoms with van der Waals surface area (Å²) in [5, 5.41) is 17.0. The lowest BCUT2D eigenvalue weighted by molar-refractivity contribution is -0.118. The van der Waals surface area contributed by atoms with Crippen molar-refractivity contribution in [2.24, 2.45) is 5.73 Å². The number of aliphatic hydroxyl groups excluding tert-OH is 1. The van der Waals surface area contributed by atoms with Crippen LogP contribution >= 0.6 is 12.4 Å². The van der Waals surface area contributed by atoms with E-state index in [0.29, 0.717) is 5.69 Å². The lowest BCUT2D eigenvalue weighted by Crippen LogP contribution is -2.38. The monoisotopic (exact) mass is 346 g/mol. The van der Waals surface area contributed by atoms with Gasteiger partial charge in [0.15, 0.2) is 0 Å². The van der Waals surface area contributed by atoms with Gasteiger partial charge in [-0.2, -0.15) is 5.10 Å². The maximum Gasteiger partial charge on any atom is 0.243 e. The Hall–Kier alpha value is -2.41. The van der Waals surface area contributed by atoms with E-state index >= 15 is 0 Å². The Labute approximate surface area is 145 Å². The normalized spacial score (nSPS) is 11.8. The molecule has 2 aromatic carbocycles. The number of rotatable bonds is 4. The van der Waals surface area contributed by atoms with Gasteiger partial charge in [-0.1, -0.05) is 12.1 Å². The minimum Gasteiger partial charge on any atom is -0.394 e. The second-order valence-electron chi connectivity index (χ2n) is 5.45. The number of aromatic nitrogens is 2. The molecule has 0 saturated carbocycles. The molecule has 24 heavy (non-hydrogen) atoms.